The lowest BCUT2D eigenvalue weighted by Crippen LogP contribution is -2.46. The van der Waals surface area contributed by atoms with Crippen LogP contribution in [0, 0.1) is 0 Å². The molecule has 0 bridgehead atoms. The van der Waals surface area contributed by atoms with E-state index in [1.165, 1.54) is 21.1 Å². The second-order valence-corrected chi connectivity index (χ2v) is 7.74. The van der Waals surface area contributed by atoms with Gasteiger partial charge < -0.3 is 4.90 Å². The summed E-state index contributed by atoms with van der Waals surface area (Å²) in [5.41, 5.74) is 2.00. The van der Waals surface area contributed by atoms with Gasteiger partial charge in [-0.05, 0) is 25.0 Å². The summed E-state index contributed by atoms with van der Waals surface area (Å²) in [6.07, 6.45) is 0.798. The van der Waals surface area contributed by atoms with E-state index >= 15 is 0 Å². The molecule has 1 amide bonds. The molecule has 1 aliphatic heterocycles. The normalized spacial score (nSPS) is 18.4. The number of nitrogens with zero attached hydrogens (tertiary/aromatic N) is 3. The molecule has 0 N–H and O–H groups in total. The first-order valence-corrected chi connectivity index (χ1v) is 8.18. The van der Waals surface area contributed by atoms with E-state index in [1.807, 2.05) is 31.2 Å². The van der Waals surface area contributed by atoms with E-state index in [-0.39, 0.29) is 18.5 Å². The van der Waals surface area contributed by atoms with Gasteiger partial charge in [-0.25, -0.2) is 0 Å². The molecule has 0 spiro atoms. The summed E-state index contributed by atoms with van der Waals surface area (Å²) < 4.78 is 26.1. The van der Waals surface area contributed by atoms with Crippen LogP contribution in [0.5, 0.6) is 0 Å². The Kier molecular flexibility index (Phi) is 4.36. The summed E-state index contributed by atoms with van der Waals surface area (Å²) in [5.74, 6) is -0.208. The Morgan fingerprint density at radius 3 is 2.52 bits per heavy atom. The third kappa shape index (κ3) is 2.95. The lowest BCUT2D eigenvalue weighted by molar-refractivity contribution is -0.119. The largest absolute Gasteiger partial charge is 0.308 e. The van der Waals surface area contributed by atoms with Crippen molar-refractivity contribution in [1.29, 1.82) is 0 Å². The number of para-hydroxylation sites is 1. The van der Waals surface area contributed by atoms with E-state index in [0.29, 0.717) is 0 Å². The number of carbonyl (C=O) groups excluding carboxylic acids is 1. The Balaban J connectivity index is 2.18. The Morgan fingerprint density at radius 2 is 1.90 bits per heavy atom. The lowest BCUT2D eigenvalue weighted by atomic mass is 10.1. The summed E-state index contributed by atoms with van der Waals surface area (Å²) in [6.45, 7) is 1.80. The van der Waals surface area contributed by atoms with Crippen LogP contribution in [-0.2, 0) is 21.4 Å². The second kappa shape index (κ2) is 5.75. The first-order chi connectivity index (χ1) is 9.75. The van der Waals surface area contributed by atoms with Crippen molar-refractivity contribution in [3.63, 3.8) is 0 Å². The average Bonchev–Trinajstić information content (AvgIpc) is 2.73. The van der Waals surface area contributed by atoms with Crippen LogP contribution in [0.4, 0.5) is 5.69 Å². The minimum Gasteiger partial charge on any atom is -0.308 e. The van der Waals surface area contributed by atoms with Crippen LogP contribution in [0.15, 0.2) is 24.3 Å². The first kappa shape index (κ1) is 15.9. The molecule has 0 aromatic heterocycles. The maximum atomic E-state index is 12.5. The molecular weight excluding hydrogens is 290 g/mol. The fraction of sp³-hybridized carbons (Fsp3) is 0.500. The van der Waals surface area contributed by atoms with Gasteiger partial charge in [0.15, 0.2) is 0 Å². The number of benzene rings is 1. The molecule has 0 saturated carbocycles. The first-order valence-electron chi connectivity index (χ1n) is 6.79. The highest BCUT2D eigenvalue weighted by Gasteiger charge is 2.33. The molecule has 1 unspecified atom stereocenters. The third-order valence-corrected chi connectivity index (χ3v) is 5.53. The number of rotatable bonds is 4. The van der Waals surface area contributed by atoms with Crippen LogP contribution in [0.1, 0.15) is 12.5 Å². The van der Waals surface area contributed by atoms with Gasteiger partial charge in [0.1, 0.15) is 0 Å². The van der Waals surface area contributed by atoms with Gasteiger partial charge in [0.25, 0.3) is 10.2 Å². The SMILES string of the molecule is CC1Cc2ccccc2N1C(=O)CN(C)S(=O)(=O)N(C)C. The van der Waals surface area contributed by atoms with Crippen LogP contribution in [0.2, 0.25) is 0 Å². The monoisotopic (exact) mass is 311 g/mol. The number of likely N-dealkylation sites (N-methyl/N-ethyl adjacent to an activating group) is 1. The van der Waals surface area contributed by atoms with Crippen molar-refractivity contribution in [3.05, 3.63) is 29.8 Å². The number of amides is 1. The van der Waals surface area contributed by atoms with Gasteiger partial charge in [0.2, 0.25) is 5.91 Å². The van der Waals surface area contributed by atoms with Crippen molar-refractivity contribution in [2.24, 2.45) is 0 Å². The zero-order valence-corrected chi connectivity index (χ0v) is 13.6. The van der Waals surface area contributed by atoms with Gasteiger partial charge in [0, 0.05) is 32.9 Å². The zero-order chi connectivity index (χ0) is 15.8. The van der Waals surface area contributed by atoms with E-state index in [4.69, 9.17) is 0 Å². The number of anilines is 1. The Labute approximate surface area is 126 Å². The molecular formula is C14H21N3O3S. The highest BCUT2D eigenvalue weighted by molar-refractivity contribution is 7.86. The summed E-state index contributed by atoms with van der Waals surface area (Å²) in [4.78, 5) is 14.2. The predicted molar refractivity (Wildman–Crippen MR) is 82.3 cm³/mol. The highest BCUT2D eigenvalue weighted by Crippen LogP contribution is 2.31. The van der Waals surface area contributed by atoms with Gasteiger partial charge in [-0.2, -0.15) is 17.0 Å². The maximum absolute atomic E-state index is 12.5. The molecule has 2 rings (SSSR count). The molecule has 21 heavy (non-hydrogen) atoms. The van der Waals surface area contributed by atoms with Crippen LogP contribution in [-0.4, -0.2) is 56.7 Å². The number of hydrogen-bond donors (Lipinski definition) is 0. The Morgan fingerprint density at radius 1 is 1.29 bits per heavy atom. The molecule has 0 aliphatic carbocycles. The van der Waals surface area contributed by atoms with Crippen LogP contribution in [0.3, 0.4) is 0 Å². The fourth-order valence-corrected chi connectivity index (χ4v) is 3.40. The van der Waals surface area contributed by atoms with Crippen LogP contribution < -0.4 is 4.90 Å². The van der Waals surface area contributed by atoms with Crippen molar-refractivity contribution in [2.75, 3.05) is 32.6 Å². The van der Waals surface area contributed by atoms with Crippen LogP contribution in [0.25, 0.3) is 0 Å². The highest BCUT2D eigenvalue weighted by atomic mass is 32.2. The summed E-state index contributed by atoms with van der Waals surface area (Å²) >= 11 is 0. The Hall–Kier alpha value is -1.44. The fourth-order valence-electron chi connectivity index (χ4n) is 2.57. The minimum absolute atomic E-state index is 0.0466. The zero-order valence-electron chi connectivity index (χ0n) is 12.8. The van der Waals surface area contributed by atoms with E-state index in [0.717, 1.165) is 26.3 Å². The van der Waals surface area contributed by atoms with E-state index in [9.17, 15) is 13.2 Å². The van der Waals surface area contributed by atoms with Gasteiger partial charge in [-0.1, -0.05) is 18.2 Å². The standard InChI is InChI=1S/C14H21N3O3S/c1-11-9-12-7-5-6-8-13(12)17(11)14(18)10-16(4)21(19,20)15(2)3/h5-8,11H,9-10H2,1-4H3. The molecule has 7 heteroatoms. The molecule has 1 heterocycles. The van der Waals surface area contributed by atoms with Crippen LogP contribution >= 0.6 is 0 Å². The van der Waals surface area contributed by atoms with Crippen molar-refractivity contribution in [1.82, 2.24) is 8.61 Å². The number of carbonyl (C=O) groups is 1. The predicted octanol–water partition coefficient (Wildman–Crippen LogP) is 0.702. The molecule has 1 aliphatic rings. The second-order valence-electron chi connectivity index (χ2n) is 5.49. The number of fused-ring (bicyclic) bond motifs is 1. The van der Waals surface area contributed by atoms with Gasteiger partial charge in [-0.3, -0.25) is 4.79 Å². The molecule has 1 aromatic carbocycles. The van der Waals surface area contributed by atoms with Gasteiger partial charge in [-0.15, -0.1) is 0 Å². The molecule has 1 aromatic rings. The van der Waals surface area contributed by atoms with E-state index in [2.05, 4.69) is 0 Å². The molecule has 0 fully saturated rings. The number of hydrogen-bond acceptors (Lipinski definition) is 3. The smallest absolute Gasteiger partial charge is 0.281 e. The summed E-state index contributed by atoms with van der Waals surface area (Å²) in [5, 5.41) is 0. The summed E-state index contributed by atoms with van der Waals surface area (Å²) in [6, 6.07) is 7.78. The van der Waals surface area contributed by atoms with Crippen molar-refractivity contribution < 1.29 is 13.2 Å². The molecule has 0 saturated heterocycles. The third-order valence-electron chi connectivity index (χ3n) is 3.69. The molecule has 0 radical (unpaired) electrons. The molecule has 116 valence electrons. The minimum atomic E-state index is -3.58. The van der Waals surface area contributed by atoms with Crippen molar-refractivity contribution in [3.8, 4) is 0 Å². The average molecular weight is 311 g/mol. The van der Waals surface area contributed by atoms with E-state index < -0.39 is 10.2 Å². The lowest BCUT2D eigenvalue weighted by Gasteiger charge is -2.26. The van der Waals surface area contributed by atoms with E-state index in [1.54, 1.807) is 4.90 Å². The van der Waals surface area contributed by atoms with Gasteiger partial charge >= 0.3 is 0 Å². The topological polar surface area (TPSA) is 60.9 Å². The maximum Gasteiger partial charge on any atom is 0.281 e. The Bertz CT molecular complexity index is 643. The molecule has 1 atom stereocenters. The molecule has 6 nitrogen and oxygen atoms in total. The van der Waals surface area contributed by atoms with Gasteiger partial charge in [0.05, 0.1) is 6.54 Å². The summed E-state index contributed by atoms with van der Waals surface area (Å²) in [7, 11) is 0.736. The quantitative estimate of drug-likeness (QED) is 0.822. The van der Waals surface area contributed by atoms with Crippen molar-refractivity contribution >= 4 is 21.8 Å². The van der Waals surface area contributed by atoms with Crippen molar-refractivity contribution in [2.45, 2.75) is 19.4 Å².